The summed E-state index contributed by atoms with van der Waals surface area (Å²) in [4.78, 5) is -1.01. The van der Waals surface area contributed by atoms with E-state index < -0.39 is 43.6 Å². The van der Waals surface area contributed by atoms with Crippen LogP contribution in [0.3, 0.4) is 0 Å². The van der Waals surface area contributed by atoms with Crippen LogP contribution < -0.4 is 5.73 Å². The average Bonchev–Trinajstić information content (AvgIpc) is 2.20. The maximum atomic E-state index is 13.1. The molecule has 0 saturated heterocycles. The van der Waals surface area contributed by atoms with Crippen molar-refractivity contribution in [1.82, 2.24) is 0 Å². The summed E-state index contributed by atoms with van der Waals surface area (Å²) in [5.41, 5.74) is 3.83. The molecule has 1 aromatic carbocycles. The predicted molar refractivity (Wildman–Crippen MR) is 48.5 cm³/mol. The summed E-state index contributed by atoms with van der Waals surface area (Å²) < 4.78 is 61.4. The molecule has 84 valence electrons. The molecule has 2 N–H and O–H groups in total. The number of anilines is 1. The molecule has 0 heterocycles. The summed E-state index contributed by atoms with van der Waals surface area (Å²) in [7, 11) is -4.00. The van der Waals surface area contributed by atoms with Gasteiger partial charge in [0.05, 0.1) is 5.75 Å². The molecule has 0 atom stereocenters. The van der Waals surface area contributed by atoms with Crippen LogP contribution >= 0.6 is 0 Å². The zero-order valence-corrected chi connectivity index (χ0v) is 8.54. The smallest absolute Gasteiger partial charge is 0.186 e. The van der Waals surface area contributed by atoms with Gasteiger partial charge in [-0.05, 0) is 6.07 Å². The van der Waals surface area contributed by atoms with Crippen LogP contribution in [0.5, 0.6) is 0 Å². The third-order valence-corrected chi connectivity index (χ3v) is 3.60. The van der Waals surface area contributed by atoms with Crippen molar-refractivity contribution in [2.45, 2.75) is 11.8 Å². The van der Waals surface area contributed by atoms with E-state index in [1.54, 1.807) is 0 Å². The van der Waals surface area contributed by atoms with E-state index in [2.05, 4.69) is 0 Å². The van der Waals surface area contributed by atoms with Gasteiger partial charge in [0.15, 0.2) is 27.3 Å². The van der Waals surface area contributed by atoms with Gasteiger partial charge in [-0.2, -0.15) is 0 Å². The second-order valence-electron chi connectivity index (χ2n) is 2.80. The fourth-order valence-corrected chi connectivity index (χ4v) is 1.93. The van der Waals surface area contributed by atoms with Crippen LogP contribution in [-0.2, 0) is 9.84 Å². The van der Waals surface area contributed by atoms with E-state index in [-0.39, 0.29) is 0 Å². The van der Waals surface area contributed by atoms with Crippen molar-refractivity contribution < 1.29 is 21.6 Å². The molecule has 0 bridgehead atoms. The molecule has 0 amide bonds. The van der Waals surface area contributed by atoms with Crippen molar-refractivity contribution in [2.75, 3.05) is 11.5 Å². The first-order chi connectivity index (χ1) is 6.81. The van der Waals surface area contributed by atoms with Crippen molar-refractivity contribution in [2.24, 2.45) is 0 Å². The van der Waals surface area contributed by atoms with Crippen LogP contribution in [-0.4, -0.2) is 14.2 Å². The van der Waals surface area contributed by atoms with Gasteiger partial charge in [0.25, 0.3) is 0 Å². The van der Waals surface area contributed by atoms with Crippen LogP contribution in [0.1, 0.15) is 6.92 Å². The SMILES string of the molecule is CCS(=O)(=O)c1cc(F)c(N)c(F)c1F. The molecule has 7 heteroatoms. The van der Waals surface area contributed by atoms with Gasteiger partial charge in [-0.3, -0.25) is 0 Å². The van der Waals surface area contributed by atoms with E-state index in [1.807, 2.05) is 0 Å². The van der Waals surface area contributed by atoms with Crippen LogP contribution in [0, 0.1) is 17.5 Å². The Kier molecular flexibility index (Phi) is 2.94. The van der Waals surface area contributed by atoms with Gasteiger partial charge in [-0.15, -0.1) is 0 Å². The summed E-state index contributed by atoms with van der Waals surface area (Å²) >= 11 is 0. The Morgan fingerprint density at radius 1 is 1.27 bits per heavy atom. The summed E-state index contributed by atoms with van der Waals surface area (Å²) in [5, 5.41) is 0. The Labute approximate surface area is 84.6 Å². The number of halogens is 3. The standard InChI is InChI=1S/C8H8F3NO2S/c1-2-15(13,14)5-3-4(9)8(12)7(11)6(5)10/h3H,2,12H2,1H3. The molecule has 15 heavy (non-hydrogen) atoms. The van der Waals surface area contributed by atoms with Gasteiger partial charge in [-0.25, -0.2) is 21.6 Å². The number of nitrogen functional groups attached to an aromatic ring is 1. The number of benzene rings is 1. The highest BCUT2D eigenvalue weighted by Gasteiger charge is 2.24. The second-order valence-corrected chi connectivity index (χ2v) is 5.05. The molecule has 0 spiro atoms. The van der Waals surface area contributed by atoms with Gasteiger partial charge in [0.2, 0.25) is 0 Å². The third-order valence-electron chi connectivity index (χ3n) is 1.88. The van der Waals surface area contributed by atoms with Gasteiger partial charge in [0.1, 0.15) is 10.6 Å². The van der Waals surface area contributed by atoms with Crippen molar-refractivity contribution in [3.63, 3.8) is 0 Å². The van der Waals surface area contributed by atoms with Crippen LogP contribution in [0.2, 0.25) is 0 Å². The molecular weight excluding hydrogens is 231 g/mol. The molecule has 0 radical (unpaired) electrons. The summed E-state index contributed by atoms with van der Waals surface area (Å²) in [6.45, 7) is 1.24. The Morgan fingerprint density at radius 3 is 2.27 bits per heavy atom. The van der Waals surface area contributed by atoms with E-state index in [4.69, 9.17) is 5.73 Å². The van der Waals surface area contributed by atoms with Crippen molar-refractivity contribution in [3.05, 3.63) is 23.5 Å². The van der Waals surface area contributed by atoms with Crippen molar-refractivity contribution in [1.29, 1.82) is 0 Å². The number of sulfone groups is 1. The lowest BCUT2D eigenvalue weighted by molar-refractivity contribution is 0.475. The fraction of sp³-hybridized carbons (Fsp3) is 0.250. The molecule has 0 aliphatic carbocycles. The first-order valence-corrected chi connectivity index (χ1v) is 5.62. The molecule has 0 unspecified atom stereocenters. The average molecular weight is 239 g/mol. The van der Waals surface area contributed by atoms with E-state index >= 15 is 0 Å². The predicted octanol–water partition coefficient (Wildman–Crippen LogP) is 1.48. The minimum atomic E-state index is -4.00. The summed E-state index contributed by atoms with van der Waals surface area (Å²) in [6.07, 6.45) is 0. The molecule has 0 aliphatic heterocycles. The van der Waals surface area contributed by atoms with Gasteiger partial charge >= 0.3 is 0 Å². The quantitative estimate of drug-likeness (QED) is 0.628. The maximum absolute atomic E-state index is 13.1. The minimum Gasteiger partial charge on any atom is -0.394 e. The Balaban J connectivity index is 3.60. The summed E-state index contributed by atoms with van der Waals surface area (Å²) in [5.74, 6) is -5.06. The molecule has 0 aromatic heterocycles. The van der Waals surface area contributed by atoms with E-state index in [9.17, 15) is 21.6 Å². The highest BCUT2D eigenvalue weighted by molar-refractivity contribution is 7.91. The first-order valence-electron chi connectivity index (χ1n) is 3.97. The second kappa shape index (κ2) is 3.73. The number of rotatable bonds is 2. The Hall–Kier alpha value is -1.24. The molecule has 0 aliphatic rings. The largest absolute Gasteiger partial charge is 0.394 e. The molecular formula is C8H8F3NO2S. The first kappa shape index (κ1) is 11.8. The lowest BCUT2D eigenvalue weighted by Crippen LogP contribution is -2.10. The number of nitrogens with two attached hydrogens (primary N) is 1. The normalized spacial score (nSPS) is 11.7. The number of hydrogen-bond acceptors (Lipinski definition) is 3. The lowest BCUT2D eigenvalue weighted by atomic mass is 10.3. The number of hydrogen-bond donors (Lipinski definition) is 1. The van der Waals surface area contributed by atoms with Gasteiger partial charge in [0, 0.05) is 0 Å². The summed E-state index contributed by atoms with van der Waals surface area (Å²) in [6, 6.07) is 0.382. The zero-order valence-electron chi connectivity index (χ0n) is 7.72. The van der Waals surface area contributed by atoms with E-state index in [1.165, 1.54) is 6.92 Å². The topological polar surface area (TPSA) is 60.2 Å². The lowest BCUT2D eigenvalue weighted by Gasteiger charge is -2.06. The molecule has 1 aromatic rings. The highest BCUT2D eigenvalue weighted by Crippen LogP contribution is 2.25. The van der Waals surface area contributed by atoms with Crippen LogP contribution in [0.4, 0.5) is 18.9 Å². The van der Waals surface area contributed by atoms with Crippen molar-refractivity contribution >= 4 is 15.5 Å². The van der Waals surface area contributed by atoms with Crippen LogP contribution in [0.25, 0.3) is 0 Å². The molecule has 1 rings (SSSR count). The third kappa shape index (κ3) is 1.92. The van der Waals surface area contributed by atoms with Gasteiger partial charge < -0.3 is 5.73 Å². The fourth-order valence-electron chi connectivity index (χ4n) is 0.969. The monoisotopic (exact) mass is 239 g/mol. The van der Waals surface area contributed by atoms with Gasteiger partial charge in [-0.1, -0.05) is 6.92 Å². The Morgan fingerprint density at radius 2 is 1.80 bits per heavy atom. The minimum absolute atomic E-state index is 0.382. The maximum Gasteiger partial charge on any atom is 0.186 e. The van der Waals surface area contributed by atoms with Crippen LogP contribution in [0.15, 0.2) is 11.0 Å². The molecule has 0 fully saturated rings. The van der Waals surface area contributed by atoms with E-state index in [0.29, 0.717) is 6.07 Å². The molecule has 0 saturated carbocycles. The van der Waals surface area contributed by atoms with Crippen molar-refractivity contribution in [3.8, 4) is 0 Å². The Bertz CT molecular complexity index is 499. The molecule has 3 nitrogen and oxygen atoms in total. The zero-order chi connectivity index (χ0) is 11.8. The highest BCUT2D eigenvalue weighted by atomic mass is 32.2. The van der Waals surface area contributed by atoms with E-state index in [0.717, 1.165) is 0 Å².